The molecule has 0 aliphatic carbocycles. The number of ether oxygens (including phenoxy) is 1. The average Bonchev–Trinajstić information content (AvgIpc) is 2.73. The predicted octanol–water partition coefficient (Wildman–Crippen LogP) is 4.25. The predicted molar refractivity (Wildman–Crippen MR) is 110 cm³/mol. The third-order valence-corrected chi connectivity index (χ3v) is 5.23. The second-order valence-corrected chi connectivity index (χ2v) is 7.31. The van der Waals surface area contributed by atoms with Gasteiger partial charge in [-0.3, -0.25) is 4.79 Å². The summed E-state index contributed by atoms with van der Waals surface area (Å²) in [6, 6.07) is 10.9. The van der Waals surface area contributed by atoms with Crippen LogP contribution in [-0.2, 0) is 4.79 Å². The van der Waals surface area contributed by atoms with E-state index >= 15 is 0 Å². The molecule has 0 bridgehead atoms. The summed E-state index contributed by atoms with van der Waals surface area (Å²) in [5.41, 5.74) is 1.28. The molecule has 0 radical (unpaired) electrons. The summed E-state index contributed by atoms with van der Waals surface area (Å²) in [6.45, 7) is 1.78. The van der Waals surface area contributed by atoms with Crippen LogP contribution in [0.1, 0.15) is 31.2 Å². The lowest BCUT2D eigenvalue weighted by Crippen LogP contribution is -2.36. The minimum atomic E-state index is -0.0250. The minimum absolute atomic E-state index is 0.0250. The Bertz CT molecular complexity index is 881. The molecule has 28 heavy (non-hydrogen) atoms. The van der Waals surface area contributed by atoms with E-state index in [1.165, 1.54) is 0 Å². The van der Waals surface area contributed by atoms with Gasteiger partial charge in [0, 0.05) is 31.4 Å². The first-order valence-electron chi connectivity index (χ1n) is 9.33. The van der Waals surface area contributed by atoms with Crippen molar-refractivity contribution < 1.29 is 9.53 Å². The Labute approximate surface area is 170 Å². The number of methoxy groups -OCH3 is 1. The van der Waals surface area contributed by atoms with E-state index in [9.17, 15) is 4.79 Å². The number of amides is 1. The van der Waals surface area contributed by atoms with Crippen molar-refractivity contribution in [2.75, 3.05) is 30.4 Å². The number of pyridine rings is 1. The number of hydrogen-bond acceptors (Lipinski definition) is 5. The van der Waals surface area contributed by atoms with Crippen molar-refractivity contribution in [3.8, 4) is 11.8 Å². The molecule has 0 spiro atoms. The SMILES string of the molecule is COc1ccc(NC(=O)CC[C@H]2CCCN(c3cc(C#N)ccn3)C2)cc1Cl. The van der Waals surface area contributed by atoms with Gasteiger partial charge in [-0.15, -0.1) is 0 Å². The van der Waals surface area contributed by atoms with Crippen molar-refractivity contribution in [3.05, 3.63) is 47.1 Å². The first-order valence-corrected chi connectivity index (χ1v) is 9.71. The molecule has 2 heterocycles. The fraction of sp³-hybridized carbons (Fsp3) is 0.381. The molecule has 3 rings (SSSR count). The van der Waals surface area contributed by atoms with Gasteiger partial charge in [-0.1, -0.05) is 11.6 Å². The molecule has 1 aliphatic rings. The lowest BCUT2D eigenvalue weighted by atomic mass is 9.93. The van der Waals surface area contributed by atoms with Crippen LogP contribution in [0.4, 0.5) is 11.5 Å². The second kappa shape index (κ2) is 9.43. The molecule has 0 saturated carbocycles. The van der Waals surface area contributed by atoms with Crippen LogP contribution in [0.25, 0.3) is 0 Å². The maximum Gasteiger partial charge on any atom is 0.224 e. The van der Waals surface area contributed by atoms with E-state index in [-0.39, 0.29) is 5.91 Å². The maximum atomic E-state index is 12.3. The zero-order valence-corrected chi connectivity index (χ0v) is 16.6. The standard InChI is InChI=1S/C21H23ClN4O2/c1-28-19-6-5-17(12-18(19)22)25-21(27)7-4-15-3-2-10-26(14-15)20-11-16(13-23)8-9-24-20/h5-6,8-9,11-12,15H,2-4,7,10,14H2,1H3,(H,25,27)/t15-/m1/s1. The fourth-order valence-corrected chi connectivity index (χ4v) is 3.73. The summed E-state index contributed by atoms with van der Waals surface area (Å²) in [4.78, 5) is 18.9. The molecule has 1 aliphatic heterocycles. The van der Waals surface area contributed by atoms with Gasteiger partial charge in [0.1, 0.15) is 11.6 Å². The average molecular weight is 399 g/mol. The molecular formula is C21H23ClN4O2. The van der Waals surface area contributed by atoms with Gasteiger partial charge < -0.3 is 15.0 Å². The summed E-state index contributed by atoms with van der Waals surface area (Å²) >= 11 is 6.10. The van der Waals surface area contributed by atoms with Crippen molar-refractivity contribution in [1.82, 2.24) is 4.98 Å². The second-order valence-electron chi connectivity index (χ2n) is 6.90. The first kappa shape index (κ1) is 20.0. The number of nitrogens with zero attached hydrogens (tertiary/aromatic N) is 3. The number of nitrogens with one attached hydrogen (secondary N) is 1. The van der Waals surface area contributed by atoms with Gasteiger partial charge in [-0.2, -0.15) is 5.26 Å². The summed E-state index contributed by atoms with van der Waals surface area (Å²) < 4.78 is 5.12. The van der Waals surface area contributed by atoms with Crippen LogP contribution in [0, 0.1) is 17.2 Å². The Kier molecular flexibility index (Phi) is 6.72. The van der Waals surface area contributed by atoms with Crippen molar-refractivity contribution in [2.45, 2.75) is 25.7 Å². The number of anilines is 2. The summed E-state index contributed by atoms with van der Waals surface area (Å²) in [5, 5.41) is 12.4. The quantitative estimate of drug-likeness (QED) is 0.786. The maximum absolute atomic E-state index is 12.3. The molecule has 1 fully saturated rings. The molecular weight excluding hydrogens is 376 g/mol. The van der Waals surface area contributed by atoms with Gasteiger partial charge in [0.05, 0.1) is 23.8 Å². The number of carbonyl (C=O) groups is 1. The van der Waals surface area contributed by atoms with Crippen molar-refractivity contribution in [2.24, 2.45) is 5.92 Å². The van der Waals surface area contributed by atoms with Gasteiger partial charge >= 0.3 is 0 Å². The highest BCUT2D eigenvalue weighted by atomic mass is 35.5. The topological polar surface area (TPSA) is 78.2 Å². The van der Waals surface area contributed by atoms with Gasteiger partial charge in [0.2, 0.25) is 5.91 Å². The Morgan fingerprint density at radius 2 is 2.29 bits per heavy atom. The molecule has 1 N–H and O–H groups in total. The van der Waals surface area contributed by atoms with Crippen LogP contribution in [0.2, 0.25) is 5.02 Å². The molecule has 2 aromatic rings. The van der Waals surface area contributed by atoms with E-state index in [0.717, 1.165) is 38.2 Å². The smallest absolute Gasteiger partial charge is 0.224 e. The Morgan fingerprint density at radius 3 is 3.04 bits per heavy atom. The molecule has 1 atom stereocenters. The van der Waals surface area contributed by atoms with Crippen molar-refractivity contribution >= 4 is 29.0 Å². The normalized spacial score (nSPS) is 16.3. The van der Waals surface area contributed by atoms with Crippen LogP contribution < -0.4 is 15.0 Å². The number of piperidine rings is 1. The van der Waals surface area contributed by atoms with E-state index in [2.05, 4.69) is 21.3 Å². The van der Waals surface area contributed by atoms with Gasteiger partial charge in [-0.25, -0.2) is 4.98 Å². The zero-order chi connectivity index (χ0) is 19.9. The third kappa shape index (κ3) is 5.14. The highest BCUT2D eigenvalue weighted by molar-refractivity contribution is 6.32. The highest BCUT2D eigenvalue weighted by Gasteiger charge is 2.22. The molecule has 1 aromatic carbocycles. The molecule has 146 valence electrons. The molecule has 6 nitrogen and oxygen atoms in total. The van der Waals surface area contributed by atoms with Gasteiger partial charge in [-0.05, 0) is 55.5 Å². The fourth-order valence-electron chi connectivity index (χ4n) is 3.47. The van der Waals surface area contributed by atoms with Crippen LogP contribution >= 0.6 is 11.6 Å². The van der Waals surface area contributed by atoms with E-state index in [1.807, 2.05) is 6.07 Å². The lowest BCUT2D eigenvalue weighted by Gasteiger charge is -2.33. The number of nitriles is 1. The largest absolute Gasteiger partial charge is 0.495 e. The van der Waals surface area contributed by atoms with Crippen LogP contribution in [0.5, 0.6) is 5.75 Å². The third-order valence-electron chi connectivity index (χ3n) is 4.93. The molecule has 1 amide bonds. The number of hydrogen-bond donors (Lipinski definition) is 1. The van der Waals surface area contributed by atoms with E-state index in [0.29, 0.717) is 34.4 Å². The Morgan fingerprint density at radius 1 is 1.43 bits per heavy atom. The highest BCUT2D eigenvalue weighted by Crippen LogP contribution is 2.28. The van der Waals surface area contributed by atoms with E-state index in [1.54, 1.807) is 37.6 Å². The minimum Gasteiger partial charge on any atom is -0.495 e. The number of carbonyl (C=O) groups excluding carboxylic acids is 1. The molecule has 1 saturated heterocycles. The Hall–Kier alpha value is -2.78. The van der Waals surface area contributed by atoms with Crippen molar-refractivity contribution in [3.63, 3.8) is 0 Å². The van der Waals surface area contributed by atoms with Crippen LogP contribution in [-0.4, -0.2) is 31.1 Å². The summed E-state index contributed by atoms with van der Waals surface area (Å²) in [7, 11) is 1.55. The first-order chi connectivity index (χ1) is 13.6. The van der Waals surface area contributed by atoms with Crippen LogP contribution in [0.15, 0.2) is 36.5 Å². The summed E-state index contributed by atoms with van der Waals surface area (Å²) in [5.74, 6) is 1.81. The molecule has 0 unspecified atom stereocenters. The van der Waals surface area contributed by atoms with Gasteiger partial charge in [0.15, 0.2) is 0 Å². The van der Waals surface area contributed by atoms with Crippen molar-refractivity contribution in [1.29, 1.82) is 5.26 Å². The number of aromatic nitrogens is 1. The molecule has 1 aromatic heterocycles. The van der Waals surface area contributed by atoms with E-state index < -0.39 is 0 Å². The Balaban J connectivity index is 1.52. The monoisotopic (exact) mass is 398 g/mol. The lowest BCUT2D eigenvalue weighted by molar-refractivity contribution is -0.116. The number of rotatable bonds is 6. The molecule has 7 heteroatoms. The zero-order valence-electron chi connectivity index (χ0n) is 15.8. The number of halogens is 1. The number of benzene rings is 1. The van der Waals surface area contributed by atoms with Gasteiger partial charge in [0.25, 0.3) is 0 Å². The van der Waals surface area contributed by atoms with Crippen LogP contribution in [0.3, 0.4) is 0 Å². The van der Waals surface area contributed by atoms with E-state index in [4.69, 9.17) is 21.6 Å². The summed E-state index contributed by atoms with van der Waals surface area (Å²) in [6.07, 6.45) is 5.08.